The van der Waals surface area contributed by atoms with E-state index < -0.39 is 11.5 Å². The van der Waals surface area contributed by atoms with Crippen LogP contribution in [0.4, 0.5) is 11.5 Å². The number of aromatic nitrogens is 4. The number of nitrogens with one attached hydrogen (secondary N) is 1. The van der Waals surface area contributed by atoms with Crippen molar-refractivity contribution in [3.63, 3.8) is 0 Å². The molecule has 0 radical (unpaired) electrons. The Balaban J connectivity index is 1.26. The van der Waals surface area contributed by atoms with Crippen LogP contribution < -0.4 is 16.6 Å². The van der Waals surface area contributed by atoms with E-state index in [2.05, 4.69) is 27.5 Å². The van der Waals surface area contributed by atoms with Crippen molar-refractivity contribution < 1.29 is 9.59 Å². The van der Waals surface area contributed by atoms with Gasteiger partial charge in [-0.2, -0.15) is 5.10 Å². The first kappa shape index (κ1) is 28.9. The lowest BCUT2D eigenvalue weighted by atomic mass is 9.86. The number of benzene rings is 2. The summed E-state index contributed by atoms with van der Waals surface area (Å²) in [6, 6.07) is 20.2. The van der Waals surface area contributed by atoms with Crippen molar-refractivity contribution >= 4 is 34.2 Å². The Bertz CT molecular complexity index is 1900. The number of likely N-dealkylation sites (tertiary alicyclic amines) is 1. The van der Waals surface area contributed by atoms with Crippen LogP contribution in [0.5, 0.6) is 0 Å². The van der Waals surface area contributed by atoms with Crippen LogP contribution in [0, 0.1) is 5.92 Å². The number of nitrogens with two attached hydrogens (primary N) is 1. The fourth-order valence-electron chi connectivity index (χ4n) is 5.98. The van der Waals surface area contributed by atoms with Gasteiger partial charge < -0.3 is 16.0 Å². The number of carbonyl (C=O) groups excluding carboxylic acids is 2. The average molecular weight is 590 g/mol. The van der Waals surface area contributed by atoms with Crippen LogP contribution in [0.15, 0.2) is 83.9 Å². The number of pyridine rings is 2. The molecule has 10 nitrogen and oxygen atoms in total. The number of nitrogens with zero attached hydrogens (tertiary/aromatic N) is 5. The second kappa shape index (κ2) is 11.8. The number of amides is 2. The van der Waals surface area contributed by atoms with Gasteiger partial charge in [-0.15, -0.1) is 0 Å². The molecule has 3 aromatic heterocycles. The molecule has 1 aliphatic heterocycles. The van der Waals surface area contributed by atoms with Crippen LogP contribution in [0.25, 0.3) is 27.8 Å². The van der Waals surface area contributed by atoms with E-state index in [4.69, 9.17) is 5.73 Å². The standard InChI is InChI=1S/C34H35N7O3/c1-21(2)33(43)40-17-13-22(14-18-40)24-19-27(30-28(20-24)39(3)38-31(30)35)23-9-11-25(12-10-23)37-32(42)26-7-6-16-41(34(26)44)29-8-4-5-15-36-29/h4-12,15-16,19-22H,13-14,17-18H2,1-3H3,(H2,35,38)(H,37,42). The molecule has 10 heteroatoms. The Morgan fingerprint density at radius 3 is 2.43 bits per heavy atom. The van der Waals surface area contributed by atoms with E-state index in [0.717, 1.165) is 48.0 Å². The number of carbonyl (C=O) groups is 2. The van der Waals surface area contributed by atoms with Crippen molar-refractivity contribution in [3.05, 3.63) is 101 Å². The van der Waals surface area contributed by atoms with Crippen LogP contribution in [0.3, 0.4) is 0 Å². The van der Waals surface area contributed by atoms with Crippen molar-refractivity contribution in [1.29, 1.82) is 0 Å². The lowest BCUT2D eigenvalue weighted by molar-refractivity contribution is -0.135. The first-order valence-corrected chi connectivity index (χ1v) is 14.8. The minimum atomic E-state index is -0.504. The predicted molar refractivity (Wildman–Crippen MR) is 172 cm³/mol. The predicted octanol–water partition coefficient (Wildman–Crippen LogP) is 4.98. The molecule has 2 aromatic carbocycles. The fraction of sp³-hybridized carbons (Fsp3) is 0.265. The van der Waals surface area contributed by atoms with Gasteiger partial charge in [0.05, 0.1) is 10.9 Å². The van der Waals surface area contributed by atoms with E-state index in [9.17, 15) is 14.4 Å². The average Bonchev–Trinajstić information content (AvgIpc) is 3.33. The van der Waals surface area contributed by atoms with Crippen LogP contribution in [0.2, 0.25) is 0 Å². The van der Waals surface area contributed by atoms with Gasteiger partial charge in [-0.3, -0.25) is 23.6 Å². The molecule has 224 valence electrons. The molecule has 4 heterocycles. The first-order valence-electron chi connectivity index (χ1n) is 14.8. The fourth-order valence-corrected chi connectivity index (χ4v) is 5.98. The van der Waals surface area contributed by atoms with Gasteiger partial charge in [-0.25, -0.2) is 4.98 Å². The monoisotopic (exact) mass is 589 g/mol. The maximum atomic E-state index is 13.1. The van der Waals surface area contributed by atoms with Crippen LogP contribution >= 0.6 is 0 Å². The van der Waals surface area contributed by atoms with Crippen LogP contribution in [-0.4, -0.2) is 49.1 Å². The molecular weight excluding hydrogens is 554 g/mol. The van der Waals surface area contributed by atoms with Gasteiger partial charge in [0.15, 0.2) is 5.82 Å². The summed E-state index contributed by atoms with van der Waals surface area (Å²) in [5, 5.41) is 8.22. The minimum Gasteiger partial charge on any atom is -0.382 e. The number of piperidine rings is 1. The molecule has 1 saturated heterocycles. The van der Waals surface area contributed by atoms with Gasteiger partial charge in [-0.1, -0.05) is 32.0 Å². The highest BCUT2D eigenvalue weighted by atomic mass is 16.2. The number of hydrogen-bond donors (Lipinski definition) is 2. The third kappa shape index (κ3) is 5.46. The van der Waals surface area contributed by atoms with E-state index in [0.29, 0.717) is 23.2 Å². The molecule has 0 atom stereocenters. The summed E-state index contributed by atoms with van der Waals surface area (Å²) in [7, 11) is 1.89. The van der Waals surface area contributed by atoms with Crippen LogP contribution in [-0.2, 0) is 11.8 Å². The summed E-state index contributed by atoms with van der Waals surface area (Å²) in [6.07, 6.45) is 4.97. The molecule has 0 aliphatic carbocycles. The molecule has 3 N–H and O–H groups in total. The molecule has 0 unspecified atom stereocenters. The van der Waals surface area contributed by atoms with Crippen molar-refractivity contribution in [3.8, 4) is 16.9 Å². The van der Waals surface area contributed by atoms with E-state index >= 15 is 0 Å². The summed E-state index contributed by atoms with van der Waals surface area (Å²) >= 11 is 0. The minimum absolute atomic E-state index is 0.00215. The molecule has 2 amide bonds. The van der Waals surface area contributed by atoms with Gasteiger partial charge in [-0.05, 0) is 84.0 Å². The van der Waals surface area contributed by atoms with E-state index in [-0.39, 0.29) is 17.4 Å². The largest absolute Gasteiger partial charge is 0.382 e. The number of fused-ring (bicyclic) bond motifs is 1. The number of hydrogen-bond acceptors (Lipinski definition) is 6. The quantitative estimate of drug-likeness (QED) is 0.287. The topological polar surface area (TPSA) is 128 Å². The molecule has 0 saturated carbocycles. The normalized spacial score (nSPS) is 13.9. The Labute approximate surface area is 255 Å². The van der Waals surface area contributed by atoms with Gasteiger partial charge in [0.2, 0.25) is 5.91 Å². The number of nitrogen functional groups attached to an aromatic ring is 1. The highest BCUT2D eigenvalue weighted by molar-refractivity contribution is 6.05. The zero-order chi connectivity index (χ0) is 31.0. The Morgan fingerprint density at radius 2 is 1.75 bits per heavy atom. The number of aryl methyl sites for hydroxylation is 1. The molecule has 1 aliphatic rings. The summed E-state index contributed by atoms with van der Waals surface area (Å²) in [4.78, 5) is 44.9. The third-order valence-corrected chi connectivity index (χ3v) is 8.32. The SMILES string of the molecule is CC(C)C(=O)N1CCC(c2cc(-c3ccc(NC(=O)c4cccn(-c5ccccn5)c4=O)cc3)c3c(N)nn(C)c3c2)CC1. The van der Waals surface area contributed by atoms with Crippen LogP contribution in [0.1, 0.15) is 48.5 Å². The van der Waals surface area contributed by atoms with Crippen molar-refractivity contribution in [2.45, 2.75) is 32.6 Å². The Hall–Kier alpha value is -5.25. The summed E-state index contributed by atoms with van der Waals surface area (Å²) in [6.45, 7) is 5.37. The molecule has 5 aromatic rings. The third-order valence-electron chi connectivity index (χ3n) is 8.32. The zero-order valence-electron chi connectivity index (χ0n) is 25.0. The number of rotatable bonds is 6. The molecule has 0 bridgehead atoms. The maximum absolute atomic E-state index is 13.1. The van der Waals surface area contributed by atoms with E-state index in [1.807, 2.05) is 50.1 Å². The molecule has 1 fully saturated rings. The van der Waals surface area contributed by atoms with Gasteiger partial charge in [0, 0.05) is 44.1 Å². The zero-order valence-corrected chi connectivity index (χ0v) is 25.0. The Morgan fingerprint density at radius 1 is 1.00 bits per heavy atom. The van der Waals surface area contributed by atoms with Gasteiger partial charge >= 0.3 is 0 Å². The molecule has 44 heavy (non-hydrogen) atoms. The van der Waals surface area contributed by atoms with Gasteiger partial charge in [0.25, 0.3) is 11.5 Å². The van der Waals surface area contributed by atoms with E-state index in [1.165, 1.54) is 16.2 Å². The molecular formula is C34H35N7O3. The Kier molecular flexibility index (Phi) is 7.73. The summed E-state index contributed by atoms with van der Waals surface area (Å²) < 4.78 is 3.15. The summed E-state index contributed by atoms with van der Waals surface area (Å²) in [5.41, 5.74) is 10.5. The highest BCUT2D eigenvalue weighted by Gasteiger charge is 2.26. The highest BCUT2D eigenvalue weighted by Crippen LogP contribution is 2.38. The first-order chi connectivity index (χ1) is 21.2. The smallest absolute Gasteiger partial charge is 0.269 e. The van der Waals surface area contributed by atoms with Gasteiger partial charge in [0.1, 0.15) is 11.4 Å². The lowest BCUT2D eigenvalue weighted by Gasteiger charge is -2.33. The van der Waals surface area contributed by atoms with Crippen molar-refractivity contribution in [1.82, 2.24) is 24.2 Å². The summed E-state index contributed by atoms with van der Waals surface area (Å²) in [5.74, 6) is 0.901. The second-order valence-corrected chi connectivity index (χ2v) is 11.5. The number of anilines is 2. The maximum Gasteiger partial charge on any atom is 0.269 e. The van der Waals surface area contributed by atoms with E-state index in [1.54, 1.807) is 41.3 Å². The molecule has 0 spiro atoms. The van der Waals surface area contributed by atoms with Crippen molar-refractivity contribution in [2.24, 2.45) is 13.0 Å². The molecule has 6 rings (SSSR count). The second-order valence-electron chi connectivity index (χ2n) is 11.5. The van der Waals surface area contributed by atoms with Crippen molar-refractivity contribution in [2.75, 3.05) is 24.1 Å². The lowest BCUT2D eigenvalue weighted by Crippen LogP contribution is -2.40.